The Morgan fingerprint density at radius 1 is 1.12 bits per heavy atom. The monoisotopic (exact) mass is 460 g/mol. The molecule has 1 fully saturated rings. The van der Waals surface area contributed by atoms with Crippen molar-refractivity contribution in [3.8, 4) is 5.75 Å². The molecule has 2 aromatic rings. The number of methoxy groups -OCH3 is 1. The van der Waals surface area contributed by atoms with Crippen molar-refractivity contribution in [2.75, 3.05) is 26.7 Å². The Morgan fingerprint density at radius 3 is 2.53 bits per heavy atom. The van der Waals surface area contributed by atoms with Crippen molar-refractivity contribution in [2.24, 2.45) is 5.92 Å². The van der Waals surface area contributed by atoms with Gasteiger partial charge in [0.2, 0.25) is 21.8 Å². The van der Waals surface area contributed by atoms with Gasteiger partial charge in [0, 0.05) is 45.0 Å². The van der Waals surface area contributed by atoms with Crippen LogP contribution in [0, 0.1) is 5.92 Å². The van der Waals surface area contributed by atoms with Crippen LogP contribution in [0.2, 0.25) is 0 Å². The van der Waals surface area contributed by atoms with Gasteiger partial charge in [-0.25, -0.2) is 8.42 Å². The van der Waals surface area contributed by atoms with E-state index < -0.39 is 15.9 Å². The molecular formula is C22H28N4O5S. The van der Waals surface area contributed by atoms with Crippen molar-refractivity contribution in [2.45, 2.75) is 30.7 Å². The molecule has 2 N–H and O–H groups in total. The van der Waals surface area contributed by atoms with Crippen LogP contribution < -0.4 is 15.4 Å². The summed E-state index contributed by atoms with van der Waals surface area (Å²) in [6, 6.07) is 9.83. The van der Waals surface area contributed by atoms with Crippen molar-refractivity contribution >= 4 is 21.8 Å². The summed E-state index contributed by atoms with van der Waals surface area (Å²) in [6.45, 7) is 1.09. The van der Waals surface area contributed by atoms with Gasteiger partial charge >= 0.3 is 0 Å². The molecule has 0 radical (unpaired) electrons. The zero-order valence-corrected chi connectivity index (χ0v) is 18.8. The smallest absolute Gasteiger partial charge is 0.243 e. The number of carbonyl (C=O) groups excluding carboxylic acids is 2. The van der Waals surface area contributed by atoms with Gasteiger partial charge in [-0.3, -0.25) is 14.6 Å². The molecule has 1 aromatic heterocycles. The number of rotatable bonds is 9. The summed E-state index contributed by atoms with van der Waals surface area (Å²) in [6.07, 6.45) is 4.67. The fourth-order valence-electron chi connectivity index (χ4n) is 3.50. The highest BCUT2D eigenvalue weighted by Gasteiger charge is 2.33. The minimum absolute atomic E-state index is 0.119. The number of aromatic nitrogens is 1. The Bertz CT molecular complexity index is 1010. The van der Waals surface area contributed by atoms with Gasteiger partial charge in [-0.1, -0.05) is 0 Å². The largest absolute Gasteiger partial charge is 0.497 e. The molecule has 1 aliphatic heterocycles. The summed E-state index contributed by atoms with van der Waals surface area (Å²) in [5, 5.41) is 5.55. The quantitative estimate of drug-likeness (QED) is 0.583. The summed E-state index contributed by atoms with van der Waals surface area (Å²) in [7, 11) is -2.18. The van der Waals surface area contributed by atoms with Crippen LogP contribution in [0.3, 0.4) is 0 Å². The summed E-state index contributed by atoms with van der Waals surface area (Å²) >= 11 is 0. The van der Waals surface area contributed by atoms with E-state index in [0.29, 0.717) is 31.7 Å². The standard InChI is InChI=1S/C22H28N4O5S/c1-31-19-4-6-20(7-5-19)32(29,30)26-14-2-3-18(16-26)22(28)24-13-10-21(27)25-15-17-8-11-23-12-9-17/h4-9,11-12,18H,2-3,10,13-16H2,1H3,(H,24,28)(H,25,27)/t18-/m1/s1. The first-order chi connectivity index (χ1) is 15.4. The summed E-state index contributed by atoms with van der Waals surface area (Å²) in [5.74, 6) is -0.280. The highest BCUT2D eigenvalue weighted by molar-refractivity contribution is 7.89. The zero-order chi connectivity index (χ0) is 23.0. The van der Waals surface area contributed by atoms with Crippen LogP contribution in [-0.4, -0.2) is 56.3 Å². The summed E-state index contributed by atoms with van der Waals surface area (Å²) < 4.78 is 32.3. The molecule has 1 aliphatic rings. The predicted molar refractivity (Wildman–Crippen MR) is 118 cm³/mol. The summed E-state index contributed by atoms with van der Waals surface area (Å²) in [4.78, 5) is 28.6. The lowest BCUT2D eigenvalue weighted by atomic mass is 9.99. The number of hydrogen-bond donors (Lipinski definition) is 2. The topological polar surface area (TPSA) is 118 Å². The van der Waals surface area contributed by atoms with Crippen LogP contribution in [0.25, 0.3) is 0 Å². The number of pyridine rings is 1. The van der Waals surface area contributed by atoms with Gasteiger partial charge in [-0.05, 0) is 54.8 Å². The first-order valence-electron chi connectivity index (χ1n) is 10.5. The van der Waals surface area contributed by atoms with E-state index in [9.17, 15) is 18.0 Å². The molecule has 2 heterocycles. The van der Waals surface area contributed by atoms with E-state index >= 15 is 0 Å². The Labute approximate surface area is 188 Å². The number of nitrogens with one attached hydrogen (secondary N) is 2. The molecule has 0 spiro atoms. The van der Waals surface area contributed by atoms with Gasteiger partial charge < -0.3 is 15.4 Å². The van der Waals surface area contributed by atoms with Gasteiger partial charge in [-0.2, -0.15) is 4.31 Å². The van der Waals surface area contributed by atoms with E-state index in [1.165, 1.54) is 23.5 Å². The van der Waals surface area contributed by atoms with Crippen molar-refractivity contribution in [3.63, 3.8) is 0 Å². The molecule has 1 atom stereocenters. The lowest BCUT2D eigenvalue weighted by molar-refractivity contribution is -0.126. The van der Waals surface area contributed by atoms with E-state index in [1.807, 2.05) is 12.1 Å². The molecule has 32 heavy (non-hydrogen) atoms. The number of amides is 2. The minimum atomic E-state index is -3.69. The van der Waals surface area contributed by atoms with E-state index in [2.05, 4.69) is 15.6 Å². The SMILES string of the molecule is COc1ccc(S(=O)(=O)N2CCC[C@@H](C(=O)NCCC(=O)NCc3ccncc3)C2)cc1. The van der Waals surface area contributed by atoms with Crippen LogP contribution >= 0.6 is 0 Å². The maximum atomic E-state index is 12.9. The molecule has 1 saturated heterocycles. The van der Waals surface area contributed by atoms with Gasteiger partial charge in [0.05, 0.1) is 17.9 Å². The molecule has 0 bridgehead atoms. The van der Waals surface area contributed by atoms with Gasteiger partial charge in [0.15, 0.2) is 0 Å². The molecule has 1 aromatic carbocycles. The van der Waals surface area contributed by atoms with E-state index in [1.54, 1.807) is 24.5 Å². The summed E-state index contributed by atoms with van der Waals surface area (Å²) in [5.41, 5.74) is 0.942. The van der Waals surface area contributed by atoms with E-state index in [0.717, 1.165) is 5.56 Å². The van der Waals surface area contributed by atoms with E-state index in [4.69, 9.17) is 4.74 Å². The second-order valence-electron chi connectivity index (χ2n) is 7.55. The Kier molecular flexibility index (Phi) is 8.18. The van der Waals surface area contributed by atoms with Crippen molar-refractivity contribution in [3.05, 3.63) is 54.4 Å². The van der Waals surface area contributed by atoms with Crippen molar-refractivity contribution in [1.29, 1.82) is 0 Å². The average molecular weight is 461 g/mol. The van der Waals surface area contributed by atoms with Crippen LogP contribution in [0.1, 0.15) is 24.8 Å². The molecule has 0 unspecified atom stereocenters. The molecule has 0 saturated carbocycles. The molecule has 10 heteroatoms. The lowest BCUT2D eigenvalue weighted by Crippen LogP contribution is -2.45. The molecule has 0 aliphatic carbocycles. The second-order valence-corrected chi connectivity index (χ2v) is 9.49. The van der Waals surface area contributed by atoms with Crippen LogP contribution in [0.5, 0.6) is 5.75 Å². The number of benzene rings is 1. The highest BCUT2D eigenvalue weighted by atomic mass is 32.2. The van der Waals surface area contributed by atoms with Crippen molar-refractivity contribution < 1.29 is 22.7 Å². The van der Waals surface area contributed by atoms with Crippen molar-refractivity contribution in [1.82, 2.24) is 19.9 Å². The predicted octanol–water partition coefficient (Wildman–Crippen LogP) is 1.31. The fourth-order valence-corrected chi connectivity index (χ4v) is 5.03. The minimum Gasteiger partial charge on any atom is -0.497 e. The zero-order valence-electron chi connectivity index (χ0n) is 18.0. The van der Waals surface area contributed by atoms with Crippen LogP contribution in [0.15, 0.2) is 53.7 Å². The Balaban J connectivity index is 1.46. The maximum Gasteiger partial charge on any atom is 0.243 e. The van der Waals surface area contributed by atoms with Crippen LogP contribution in [0.4, 0.5) is 0 Å². The van der Waals surface area contributed by atoms with Gasteiger partial charge in [0.1, 0.15) is 5.75 Å². The van der Waals surface area contributed by atoms with E-state index in [-0.39, 0.29) is 36.2 Å². The molecule has 172 valence electrons. The lowest BCUT2D eigenvalue weighted by Gasteiger charge is -2.31. The number of sulfonamides is 1. The number of piperidine rings is 1. The maximum absolute atomic E-state index is 12.9. The number of nitrogens with zero attached hydrogens (tertiary/aromatic N) is 2. The third-order valence-electron chi connectivity index (χ3n) is 5.34. The number of hydrogen-bond acceptors (Lipinski definition) is 6. The molecule has 3 rings (SSSR count). The second kappa shape index (κ2) is 11.1. The highest BCUT2D eigenvalue weighted by Crippen LogP contribution is 2.25. The Hall–Kier alpha value is -2.98. The third-order valence-corrected chi connectivity index (χ3v) is 7.22. The van der Waals surface area contributed by atoms with Gasteiger partial charge in [-0.15, -0.1) is 0 Å². The average Bonchev–Trinajstić information content (AvgIpc) is 2.83. The molecular weight excluding hydrogens is 432 g/mol. The van der Waals surface area contributed by atoms with Crippen LogP contribution in [-0.2, 0) is 26.2 Å². The van der Waals surface area contributed by atoms with Gasteiger partial charge in [0.25, 0.3) is 0 Å². The fraction of sp³-hybridized carbons (Fsp3) is 0.409. The molecule has 9 nitrogen and oxygen atoms in total. The normalized spacial score (nSPS) is 16.8. The number of carbonyl (C=O) groups is 2. The first-order valence-corrected chi connectivity index (χ1v) is 11.9. The Morgan fingerprint density at radius 2 is 1.84 bits per heavy atom. The molecule has 2 amide bonds. The number of ether oxygens (including phenoxy) is 1. The first kappa shape index (κ1) is 23.7. The third kappa shape index (κ3) is 6.27.